The molecule has 0 saturated heterocycles. The van der Waals surface area contributed by atoms with Gasteiger partial charge in [-0.25, -0.2) is 0 Å². The summed E-state index contributed by atoms with van der Waals surface area (Å²) in [4.78, 5) is 0. The molecule has 0 aliphatic carbocycles. The zero-order chi connectivity index (χ0) is 17.1. The summed E-state index contributed by atoms with van der Waals surface area (Å²) < 4.78 is 10.7. The summed E-state index contributed by atoms with van der Waals surface area (Å²) in [5, 5.41) is 7.23. The molecule has 4 nitrogen and oxygen atoms in total. The van der Waals surface area contributed by atoms with Gasteiger partial charge in [-0.15, -0.1) is 0 Å². The van der Waals surface area contributed by atoms with E-state index in [-0.39, 0.29) is 12.8 Å². The molecule has 0 radical (unpaired) electrons. The van der Waals surface area contributed by atoms with Crippen molar-refractivity contribution in [1.82, 2.24) is 5.32 Å². The van der Waals surface area contributed by atoms with E-state index in [1.807, 2.05) is 18.2 Å². The summed E-state index contributed by atoms with van der Waals surface area (Å²) in [5.41, 5.74) is 4.71. The van der Waals surface area contributed by atoms with E-state index in [1.54, 1.807) is 0 Å². The molecule has 0 fully saturated rings. The Kier molecular flexibility index (Phi) is 4.90. The summed E-state index contributed by atoms with van der Waals surface area (Å²) in [7, 11) is 0. The number of nitrogens with one attached hydrogen (secondary N) is 2. The van der Waals surface area contributed by atoms with E-state index in [0.29, 0.717) is 5.11 Å². The van der Waals surface area contributed by atoms with E-state index >= 15 is 0 Å². The number of hydrogen-bond donors (Lipinski definition) is 2. The van der Waals surface area contributed by atoms with Crippen molar-refractivity contribution in [2.75, 3.05) is 12.1 Å². The average molecular weight is 342 g/mol. The van der Waals surface area contributed by atoms with Gasteiger partial charge in [0, 0.05) is 11.8 Å². The normalized spacial score (nSPS) is 13.5. The molecular weight excluding hydrogens is 320 g/mol. The van der Waals surface area contributed by atoms with E-state index < -0.39 is 0 Å². The van der Waals surface area contributed by atoms with Gasteiger partial charge in [0.05, 0.1) is 6.04 Å². The van der Waals surface area contributed by atoms with Crippen LogP contribution < -0.4 is 20.1 Å². The molecule has 0 amide bonds. The Hall–Kier alpha value is -2.27. The van der Waals surface area contributed by atoms with Crippen LogP contribution in [0.1, 0.15) is 36.1 Å². The number of ether oxygens (including phenoxy) is 2. The van der Waals surface area contributed by atoms with E-state index in [2.05, 4.69) is 49.6 Å². The predicted molar refractivity (Wildman–Crippen MR) is 101 cm³/mol. The molecule has 5 heteroatoms. The van der Waals surface area contributed by atoms with E-state index in [1.165, 1.54) is 16.7 Å². The molecule has 2 aromatic carbocycles. The zero-order valence-electron chi connectivity index (χ0n) is 14.2. The lowest BCUT2D eigenvalue weighted by molar-refractivity contribution is 0.174. The summed E-state index contributed by atoms with van der Waals surface area (Å²) in [6, 6.07) is 12.4. The van der Waals surface area contributed by atoms with Crippen LogP contribution in [-0.4, -0.2) is 11.9 Å². The smallest absolute Gasteiger partial charge is 0.231 e. The van der Waals surface area contributed by atoms with Crippen LogP contribution in [0.2, 0.25) is 0 Å². The molecule has 0 saturated carbocycles. The first-order valence-corrected chi connectivity index (χ1v) is 8.52. The second-order valence-electron chi connectivity index (χ2n) is 5.99. The third kappa shape index (κ3) is 3.62. The van der Waals surface area contributed by atoms with Crippen LogP contribution in [0.15, 0.2) is 36.4 Å². The van der Waals surface area contributed by atoms with Gasteiger partial charge in [0.2, 0.25) is 6.79 Å². The fourth-order valence-electron chi connectivity index (χ4n) is 2.92. The fraction of sp³-hybridized carbons (Fsp3) is 0.316. The van der Waals surface area contributed by atoms with Gasteiger partial charge < -0.3 is 20.1 Å². The standard InChI is InChI=1S/C19H22N2O2S/c1-4-16(15-7-5-12(2)9-13(15)3)21-19(24)20-14-6-8-17-18(10-14)23-11-22-17/h5-10,16H,4,11H2,1-3H3,(H2,20,21,24)/t16-/m1/s1. The van der Waals surface area contributed by atoms with Crippen LogP contribution >= 0.6 is 12.2 Å². The summed E-state index contributed by atoms with van der Waals surface area (Å²) in [6.07, 6.45) is 0.951. The van der Waals surface area contributed by atoms with Gasteiger partial charge in [-0.05, 0) is 55.7 Å². The molecule has 1 aliphatic rings. The second kappa shape index (κ2) is 7.09. The third-order valence-corrected chi connectivity index (χ3v) is 4.36. The van der Waals surface area contributed by atoms with Gasteiger partial charge in [0.15, 0.2) is 16.6 Å². The van der Waals surface area contributed by atoms with Crippen molar-refractivity contribution in [3.05, 3.63) is 53.1 Å². The summed E-state index contributed by atoms with van der Waals surface area (Å²) >= 11 is 5.48. The molecule has 2 aromatic rings. The zero-order valence-corrected chi connectivity index (χ0v) is 15.0. The quantitative estimate of drug-likeness (QED) is 0.803. The maximum absolute atomic E-state index is 5.48. The highest BCUT2D eigenvalue weighted by molar-refractivity contribution is 7.80. The van der Waals surface area contributed by atoms with Crippen LogP contribution in [0.3, 0.4) is 0 Å². The minimum absolute atomic E-state index is 0.180. The van der Waals surface area contributed by atoms with Gasteiger partial charge in [0.25, 0.3) is 0 Å². The summed E-state index contributed by atoms with van der Waals surface area (Å²) in [5.74, 6) is 1.50. The Balaban J connectivity index is 1.68. The molecule has 0 spiro atoms. The second-order valence-corrected chi connectivity index (χ2v) is 6.40. The highest BCUT2D eigenvalue weighted by Crippen LogP contribution is 2.34. The Morgan fingerprint density at radius 1 is 1.12 bits per heavy atom. The molecule has 0 aromatic heterocycles. The molecule has 0 bridgehead atoms. The first-order chi connectivity index (χ1) is 11.6. The van der Waals surface area contributed by atoms with Crippen molar-refractivity contribution in [1.29, 1.82) is 0 Å². The Morgan fingerprint density at radius 3 is 2.67 bits per heavy atom. The first-order valence-electron chi connectivity index (χ1n) is 8.11. The number of aryl methyl sites for hydroxylation is 2. The fourth-order valence-corrected chi connectivity index (χ4v) is 3.18. The van der Waals surface area contributed by atoms with Crippen LogP contribution in [-0.2, 0) is 0 Å². The third-order valence-electron chi connectivity index (χ3n) is 4.14. The van der Waals surface area contributed by atoms with Gasteiger partial charge in [-0.2, -0.15) is 0 Å². The van der Waals surface area contributed by atoms with Gasteiger partial charge in [0.1, 0.15) is 0 Å². The van der Waals surface area contributed by atoms with E-state index in [0.717, 1.165) is 23.6 Å². The van der Waals surface area contributed by atoms with Crippen molar-refractivity contribution >= 4 is 23.0 Å². The maximum atomic E-state index is 5.48. The molecule has 24 heavy (non-hydrogen) atoms. The monoisotopic (exact) mass is 342 g/mol. The molecule has 126 valence electrons. The SMILES string of the molecule is CC[C@@H](NC(=S)Nc1ccc2c(c1)OCO2)c1ccc(C)cc1C. The van der Waals surface area contributed by atoms with E-state index in [9.17, 15) is 0 Å². The largest absolute Gasteiger partial charge is 0.454 e. The van der Waals surface area contributed by atoms with Crippen molar-refractivity contribution in [3.8, 4) is 11.5 Å². The highest BCUT2D eigenvalue weighted by atomic mass is 32.1. The number of fused-ring (bicyclic) bond motifs is 1. The first kappa shape index (κ1) is 16.6. The Bertz CT molecular complexity index is 761. The van der Waals surface area contributed by atoms with Gasteiger partial charge >= 0.3 is 0 Å². The predicted octanol–water partition coefficient (Wildman–Crippen LogP) is 4.47. The van der Waals surface area contributed by atoms with E-state index in [4.69, 9.17) is 21.7 Å². The van der Waals surface area contributed by atoms with Gasteiger partial charge in [-0.3, -0.25) is 0 Å². The molecule has 0 unspecified atom stereocenters. The topological polar surface area (TPSA) is 42.5 Å². The van der Waals surface area contributed by atoms with Crippen molar-refractivity contribution in [2.24, 2.45) is 0 Å². The minimum atomic E-state index is 0.180. The van der Waals surface area contributed by atoms with Crippen molar-refractivity contribution < 1.29 is 9.47 Å². The number of thiocarbonyl (C=S) groups is 1. The highest BCUT2D eigenvalue weighted by Gasteiger charge is 2.15. The molecular formula is C19H22N2O2S. The van der Waals surface area contributed by atoms with Crippen LogP contribution in [0.5, 0.6) is 11.5 Å². The van der Waals surface area contributed by atoms with Crippen LogP contribution in [0.25, 0.3) is 0 Å². The molecule has 2 N–H and O–H groups in total. The lowest BCUT2D eigenvalue weighted by Gasteiger charge is -2.22. The summed E-state index contributed by atoms with van der Waals surface area (Å²) in [6.45, 7) is 6.67. The van der Waals surface area contributed by atoms with Crippen LogP contribution in [0.4, 0.5) is 5.69 Å². The lowest BCUT2D eigenvalue weighted by Crippen LogP contribution is -2.32. The number of anilines is 1. The van der Waals surface area contributed by atoms with Crippen molar-refractivity contribution in [2.45, 2.75) is 33.2 Å². The van der Waals surface area contributed by atoms with Gasteiger partial charge in [-0.1, -0.05) is 30.7 Å². The Morgan fingerprint density at radius 2 is 1.92 bits per heavy atom. The number of benzene rings is 2. The average Bonchev–Trinajstić information content (AvgIpc) is 3.01. The molecule has 1 aliphatic heterocycles. The Labute approximate surface area is 148 Å². The van der Waals surface area contributed by atoms with Crippen molar-refractivity contribution in [3.63, 3.8) is 0 Å². The van der Waals surface area contributed by atoms with Crippen LogP contribution in [0, 0.1) is 13.8 Å². The number of hydrogen-bond acceptors (Lipinski definition) is 3. The molecule has 3 rings (SSSR count). The number of rotatable bonds is 4. The maximum Gasteiger partial charge on any atom is 0.231 e. The molecule has 1 heterocycles. The lowest BCUT2D eigenvalue weighted by atomic mass is 9.98. The minimum Gasteiger partial charge on any atom is -0.454 e. The molecule has 1 atom stereocenters.